The third-order valence-corrected chi connectivity index (χ3v) is 3.69. The Morgan fingerprint density at radius 1 is 1.19 bits per heavy atom. The van der Waals surface area contributed by atoms with E-state index >= 15 is 0 Å². The predicted molar refractivity (Wildman–Crippen MR) is 97.9 cm³/mol. The largest absolute Gasteiger partial charge is 0.352 e. The average molecular weight is 419 g/mol. The number of benzene rings is 1. The number of aryl methyl sites for hydroxylation is 1. The molecule has 0 spiro atoms. The molecule has 3 nitrogen and oxygen atoms in total. The molecular weight excluding hydrogens is 400 g/mol. The van der Waals surface area contributed by atoms with Gasteiger partial charge in [0.2, 0.25) is 0 Å². The number of guanidine groups is 1. The van der Waals surface area contributed by atoms with Crippen molar-refractivity contribution in [3.8, 4) is 0 Å². The van der Waals surface area contributed by atoms with Gasteiger partial charge < -0.3 is 10.6 Å². The van der Waals surface area contributed by atoms with E-state index in [4.69, 9.17) is 0 Å². The van der Waals surface area contributed by atoms with Crippen LogP contribution in [0.4, 0.5) is 4.39 Å². The molecule has 114 valence electrons. The second-order valence-corrected chi connectivity index (χ2v) is 5.27. The third-order valence-electron chi connectivity index (χ3n) is 2.96. The van der Waals surface area contributed by atoms with Crippen molar-refractivity contribution in [3.63, 3.8) is 0 Å². The molecule has 0 bridgehead atoms. The molecule has 0 amide bonds. The number of hydrogen-bond donors (Lipinski definition) is 2. The number of rotatable bonds is 4. The Hall–Kier alpha value is -1.15. The number of hydrogen-bond acceptors (Lipinski definition) is 2. The number of nitrogens with zero attached hydrogens (tertiary/aromatic N) is 1. The molecule has 2 N–H and O–H groups in total. The zero-order chi connectivity index (χ0) is 14.4. The molecule has 0 aliphatic heterocycles. The van der Waals surface area contributed by atoms with Crippen LogP contribution in [0.5, 0.6) is 0 Å². The standard InChI is InChI=1S/C15H18FN3S.HI/c1-11-3-4-12(7-14(11)16)8-18-15(17-2)19-9-13-5-6-20-10-13;/h3-7,10H,8-9H2,1-2H3,(H2,17,18,19);1H. The summed E-state index contributed by atoms with van der Waals surface area (Å²) in [5.74, 6) is 0.530. The molecular formula is C15H19FIN3S. The van der Waals surface area contributed by atoms with E-state index in [0.717, 1.165) is 12.1 Å². The Morgan fingerprint density at radius 2 is 1.90 bits per heavy atom. The van der Waals surface area contributed by atoms with Crippen molar-refractivity contribution in [2.45, 2.75) is 20.0 Å². The summed E-state index contributed by atoms with van der Waals surface area (Å²) in [5, 5.41) is 10.5. The van der Waals surface area contributed by atoms with Gasteiger partial charge in [0.05, 0.1) is 0 Å². The second kappa shape index (κ2) is 8.99. The first-order valence-electron chi connectivity index (χ1n) is 6.39. The number of halogens is 2. The number of thiophene rings is 1. The van der Waals surface area contributed by atoms with Crippen LogP contribution in [0.15, 0.2) is 40.0 Å². The maximum atomic E-state index is 13.4. The molecule has 0 aliphatic rings. The van der Waals surface area contributed by atoms with Crippen LogP contribution in [-0.2, 0) is 13.1 Å². The van der Waals surface area contributed by atoms with Crippen LogP contribution in [0, 0.1) is 12.7 Å². The number of aliphatic imine (C=N–C) groups is 1. The Kier molecular flexibility index (Phi) is 7.66. The Labute approximate surface area is 145 Å². The normalized spacial score (nSPS) is 10.9. The van der Waals surface area contributed by atoms with Crippen LogP contribution < -0.4 is 10.6 Å². The van der Waals surface area contributed by atoms with Gasteiger partial charge in [-0.1, -0.05) is 12.1 Å². The maximum absolute atomic E-state index is 13.4. The highest BCUT2D eigenvalue weighted by atomic mass is 127. The topological polar surface area (TPSA) is 36.4 Å². The van der Waals surface area contributed by atoms with E-state index in [1.165, 1.54) is 5.56 Å². The van der Waals surface area contributed by atoms with Gasteiger partial charge >= 0.3 is 0 Å². The van der Waals surface area contributed by atoms with E-state index in [9.17, 15) is 4.39 Å². The van der Waals surface area contributed by atoms with Crippen molar-refractivity contribution in [2.75, 3.05) is 7.05 Å². The fourth-order valence-electron chi connectivity index (χ4n) is 1.73. The fraction of sp³-hybridized carbons (Fsp3) is 0.267. The minimum atomic E-state index is -0.175. The van der Waals surface area contributed by atoms with Gasteiger partial charge in [0.15, 0.2) is 5.96 Å². The quantitative estimate of drug-likeness (QED) is 0.451. The van der Waals surface area contributed by atoms with Crippen molar-refractivity contribution in [1.29, 1.82) is 0 Å². The minimum absolute atomic E-state index is 0. The number of nitrogens with one attached hydrogen (secondary N) is 2. The first-order valence-corrected chi connectivity index (χ1v) is 7.34. The van der Waals surface area contributed by atoms with Gasteiger partial charge in [-0.3, -0.25) is 4.99 Å². The summed E-state index contributed by atoms with van der Waals surface area (Å²) in [7, 11) is 1.72. The Balaban J connectivity index is 0.00000220. The van der Waals surface area contributed by atoms with E-state index in [1.54, 1.807) is 37.4 Å². The van der Waals surface area contributed by atoms with Crippen molar-refractivity contribution < 1.29 is 4.39 Å². The minimum Gasteiger partial charge on any atom is -0.352 e. The fourth-order valence-corrected chi connectivity index (χ4v) is 2.40. The summed E-state index contributed by atoms with van der Waals surface area (Å²) in [6, 6.07) is 7.32. The summed E-state index contributed by atoms with van der Waals surface area (Å²) in [6.07, 6.45) is 0. The average Bonchev–Trinajstić information content (AvgIpc) is 2.96. The van der Waals surface area contributed by atoms with Gasteiger partial charge in [-0.15, -0.1) is 24.0 Å². The van der Waals surface area contributed by atoms with Crippen molar-refractivity contribution in [2.24, 2.45) is 4.99 Å². The molecule has 1 aromatic heterocycles. The van der Waals surface area contributed by atoms with Gasteiger partial charge in [-0.2, -0.15) is 11.3 Å². The van der Waals surface area contributed by atoms with Gasteiger partial charge in [0.25, 0.3) is 0 Å². The van der Waals surface area contributed by atoms with Gasteiger partial charge in [0, 0.05) is 20.1 Å². The second-order valence-electron chi connectivity index (χ2n) is 4.49. The highest BCUT2D eigenvalue weighted by Gasteiger charge is 2.02. The molecule has 0 saturated heterocycles. The third kappa shape index (κ3) is 5.62. The van der Waals surface area contributed by atoms with E-state index in [2.05, 4.69) is 27.1 Å². The maximum Gasteiger partial charge on any atom is 0.191 e. The summed E-state index contributed by atoms with van der Waals surface area (Å²) in [4.78, 5) is 4.15. The monoisotopic (exact) mass is 419 g/mol. The first-order chi connectivity index (χ1) is 9.69. The molecule has 0 atom stereocenters. The molecule has 0 unspecified atom stereocenters. The summed E-state index contributed by atoms with van der Waals surface area (Å²) in [5.41, 5.74) is 2.78. The summed E-state index contributed by atoms with van der Waals surface area (Å²) in [6.45, 7) is 3.03. The molecule has 0 fully saturated rings. The Bertz CT molecular complexity index is 585. The van der Waals surface area contributed by atoms with Crippen LogP contribution in [-0.4, -0.2) is 13.0 Å². The lowest BCUT2D eigenvalue weighted by atomic mass is 10.1. The van der Waals surface area contributed by atoms with Crippen LogP contribution >= 0.6 is 35.3 Å². The molecule has 6 heteroatoms. The van der Waals surface area contributed by atoms with Gasteiger partial charge in [-0.25, -0.2) is 4.39 Å². The molecule has 0 aliphatic carbocycles. The molecule has 1 heterocycles. The lowest BCUT2D eigenvalue weighted by Gasteiger charge is -2.11. The lowest BCUT2D eigenvalue weighted by Crippen LogP contribution is -2.36. The summed E-state index contributed by atoms with van der Waals surface area (Å²) >= 11 is 1.67. The van der Waals surface area contributed by atoms with E-state index in [-0.39, 0.29) is 29.8 Å². The molecule has 2 rings (SSSR count). The first kappa shape index (κ1) is 17.9. The van der Waals surface area contributed by atoms with E-state index in [1.807, 2.05) is 11.4 Å². The SMILES string of the molecule is CN=C(NCc1ccsc1)NCc1ccc(C)c(F)c1.I. The van der Waals surface area contributed by atoms with Crippen LogP contribution in [0.3, 0.4) is 0 Å². The molecule has 21 heavy (non-hydrogen) atoms. The van der Waals surface area contributed by atoms with E-state index < -0.39 is 0 Å². The van der Waals surface area contributed by atoms with Crippen molar-refractivity contribution >= 4 is 41.3 Å². The van der Waals surface area contributed by atoms with Gasteiger partial charge in [-0.05, 0) is 46.5 Å². The van der Waals surface area contributed by atoms with E-state index in [0.29, 0.717) is 18.1 Å². The smallest absolute Gasteiger partial charge is 0.191 e. The zero-order valence-corrected chi connectivity index (χ0v) is 15.2. The predicted octanol–water partition coefficient (Wildman–Crippen LogP) is 3.68. The van der Waals surface area contributed by atoms with Crippen LogP contribution in [0.1, 0.15) is 16.7 Å². The zero-order valence-electron chi connectivity index (χ0n) is 12.0. The Morgan fingerprint density at radius 3 is 2.48 bits per heavy atom. The molecule has 0 saturated carbocycles. The van der Waals surface area contributed by atoms with Crippen LogP contribution in [0.2, 0.25) is 0 Å². The molecule has 0 radical (unpaired) electrons. The summed E-state index contributed by atoms with van der Waals surface area (Å²) < 4.78 is 13.4. The molecule has 2 aromatic rings. The van der Waals surface area contributed by atoms with Crippen LogP contribution in [0.25, 0.3) is 0 Å². The lowest BCUT2D eigenvalue weighted by molar-refractivity contribution is 0.615. The van der Waals surface area contributed by atoms with Crippen molar-refractivity contribution in [3.05, 3.63) is 57.5 Å². The molecule has 1 aromatic carbocycles. The van der Waals surface area contributed by atoms with Crippen molar-refractivity contribution in [1.82, 2.24) is 10.6 Å². The van der Waals surface area contributed by atoms with Gasteiger partial charge in [0.1, 0.15) is 5.82 Å². The highest BCUT2D eigenvalue weighted by Crippen LogP contribution is 2.09. The highest BCUT2D eigenvalue weighted by molar-refractivity contribution is 14.0.